The zero-order chi connectivity index (χ0) is 16.1. The third-order valence-corrected chi connectivity index (χ3v) is 2.96. The highest BCUT2D eigenvalue weighted by molar-refractivity contribution is 7.90. The fourth-order valence-electron chi connectivity index (χ4n) is 1.17. The molecule has 0 saturated carbocycles. The van der Waals surface area contributed by atoms with E-state index in [2.05, 4.69) is 0 Å². The van der Waals surface area contributed by atoms with Gasteiger partial charge in [-0.1, -0.05) is 12.1 Å². The third kappa shape index (κ3) is 6.81. The molecule has 0 spiro atoms. The van der Waals surface area contributed by atoms with Crippen LogP contribution in [0.4, 0.5) is 18.9 Å². The van der Waals surface area contributed by atoms with Gasteiger partial charge in [-0.2, -0.15) is 26.3 Å². The number of alkyl halides is 3. The summed E-state index contributed by atoms with van der Waals surface area (Å²) >= 11 is 0. The summed E-state index contributed by atoms with van der Waals surface area (Å²) < 4.78 is 66.7. The molecule has 0 saturated heterocycles. The van der Waals surface area contributed by atoms with Gasteiger partial charge < -0.3 is 9.84 Å². The van der Waals surface area contributed by atoms with E-state index in [1.807, 2.05) is 4.72 Å². The highest BCUT2D eigenvalue weighted by atomic mass is 32.2. The predicted octanol–water partition coefficient (Wildman–Crippen LogP) is 0.959. The normalized spacial score (nSPS) is 12.0. The van der Waals surface area contributed by atoms with Crippen LogP contribution >= 0.6 is 0 Å². The topological polar surface area (TPSA) is 105 Å². The van der Waals surface area contributed by atoms with Gasteiger partial charge in [0.2, 0.25) is 0 Å². The van der Waals surface area contributed by atoms with Crippen LogP contribution < -0.4 is 14.2 Å². The first-order valence-electron chi connectivity index (χ1n) is 5.37. The molecule has 0 radical (unpaired) electrons. The van der Waals surface area contributed by atoms with Gasteiger partial charge >= 0.3 is 12.1 Å². The number of carbonyl (C=O) groups is 1. The van der Waals surface area contributed by atoms with Crippen molar-refractivity contribution in [3.05, 3.63) is 24.3 Å². The van der Waals surface area contributed by atoms with Gasteiger partial charge in [-0.15, -0.1) is 0 Å². The molecule has 118 valence electrons. The SMILES string of the molecule is O=C(O)COc1ccccc1NS(=O)(=O)NCC(F)(F)F. The smallest absolute Gasteiger partial charge is 0.402 e. The highest BCUT2D eigenvalue weighted by Gasteiger charge is 2.29. The van der Waals surface area contributed by atoms with Crippen molar-refractivity contribution in [1.29, 1.82) is 0 Å². The van der Waals surface area contributed by atoms with Gasteiger partial charge in [0.05, 0.1) is 5.69 Å². The van der Waals surface area contributed by atoms with Gasteiger partial charge in [-0.3, -0.25) is 4.72 Å². The third-order valence-electron chi connectivity index (χ3n) is 1.95. The maximum atomic E-state index is 12.0. The van der Waals surface area contributed by atoms with Crippen LogP contribution in [0.15, 0.2) is 24.3 Å². The first-order valence-corrected chi connectivity index (χ1v) is 6.85. The van der Waals surface area contributed by atoms with Crippen molar-refractivity contribution >= 4 is 21.9 Å². The second-order valence-corrected chi connectivity index (χ2v) is 5.22. The number of ether oxygens (including phenoxy) is 1. The van der Waals surface area contributed by atoms with Crippen molar-refractivity contribution in [2.75, 3.05) is 17.9 Å². The fraction of sp³-hybridized carbons (Fsp3) is 0.300. The van der Waals surface area contributed by atoms with Gasteiger partial charge in [-0.05, 0) is 12.1 Å². The molecule has 21 heavy (non-hydrogen) atoms. The summed E-state index contributed by atoms with van der Waals surface area (Å²) in [6, 6.07) is 5.32. The van der Waals surface area contributed by atoms with Crippen molar-refractivity contribution in [1.82, 2.24) is 4.72 Å². The van der Waals surface area contributed by atoms with E-state index >= 15 is 0 Å². The van der Waals surface area contributed by atoms with E-state index in [9.17, 15) is 26.4 Å². The van der Waals surface area contributed by atoms with Crippen molar-refractivity contribution in [3.63, 3.8) is 0 Å². The van der Waals surface area contributed by atoms with Crippen molar-refractivity contribution < 1.29 is 36.2 Å². The summed E-state index contributed by atoms with van der Waals surface area (Å²) in [4.78, 5) is 10.4. The maximum absolute atomic E-state index is 12.0. The number of aliphatic carboxylic acids is 1. The lowest BCUT2D eigenvalue weighted by Gasteiger charge is -2.14. The van der Waals surface area contributed by atoms with Crippen LogP contribution in [0.5, 0.6) is 5.75 Å². The average Bonchev–Trinajstić information content (AvgIpc) is 2.34. The minimum absolute atomic E-state index is 0.128. The van der Waals surface area contributed by atoms with Crippen LogP contribution in [0.25, 0.3) is 0 Å². The summed E-state index contributed by atoms with van der Waals surface area (Å²) in [6.07, 6.45) is -4.70. The van der Waals surface area contributed by atoms with E-state index in [1.165, 1.54) is 29.0 Å². The molecule has 0 fully saturated rings. The molecule has 1 rings (SSSR count). The van der Waals surface area contributed by atoms with Crippen LogP contribution in [-0.4, -0.2) is 38.8 Å². The molecule has 0 aliphatic carbocycles. The quantitative estimate of drug-likeness (QED) is 0.691. The summed E-state index contributed by atoms with van der Waals surface area (Å²) in [6.45, 7) is -2.46. The van der Waals surface area contributed by atoms with Gasteiger partial charge in [0.15, 0.2) is 6.61 Å². The standard InChI is InChI=1S/C10H11F3N2O5S/c11-10(12,13)6-14-21(18,19)15-7-3-1-2-4-8(7)20-5-9(16)17/h1-4,14-15H,5-6H2,(H,16,17). The van der Waals surface area contributed by atoms with Gasteiger partial charge in [0.25, 0.3) is 10.2 Å². The number of carboxylic acids is 1. The number of halogens is 3. The van der Waals surface area contributed by atoms with Crippen LogP contribution in [-0.2, 0) is 15.0 Å². The number of benzene rings is 1. The predicted molar refractivity (Wildman–Crippen MR) is 66.2 cm³/mol. The fourth-order valence-corrected chi connectivity index (χ4v) is 2.06. The Morgan fingerprint density at radius 2 is 1.90 bits per heavy atom. The largest absolute Gasteiger partial charge is 0.480 e. The monoisotopic (exact) mass is 328 g/mol. The molecule has 0 aliphatic heterocycles. The molecule has 3 N–H and O–H groups in total. The maximum Gasteiger partial charge on any atom is 0.402 e. The summed E-state index contributed by atoms with van der Waals surface area (Å²) in [5, 5.41) is 8.47. The molecule has 7 nitrogen and oxygen atoms in total. The van der Waals surface area contributed by atoms with E-state index < -0.39 is 35.5 Å². The van der Waals surface area contributed by atoms with E-state index in [0.717, 1.165) is 0 Å². The van der Waals surface area contributed by atoms with E-state index in [-0.39, 0.29) is 11.4 Å². The van der Waals surface area contributed by atoms with Crippen LogP contribution in [0, 0.1) is 0 Å². The minimum atomic E-state index is -4.70. The molecule has 1 aromatic carbocycles. The Morgan fingerprint density at radius 1 is 1.29 bits per heavy atom. The number of carboxylic acid groups (broad SMARTS) is 1. The second kappa shape index (κ2) is 6.63. The number of hydrogen-bond acceptors (Lipinski definition) is 4. The lowest BCUT2D eigenvalue weighted by molar-refractivity contribution is -0.139. The summed E-state index contributed by atoms with van der Waals surface area (Å²) in [5.74, 6) is -1.42. The number of nitrogens with one attached hydrogen (secondary N) is 2. The summed E-state index contributed by atoms with van der Waals surface area (Å²) in [7, 11) is -4.48. The van der Waals surface area contributed by atoms with Crippen molar-refractivity contribution in [2.45, 2.75) is 6.18 Å². The molecular formula is C10H11F3N2O5S. The molecule has 0 amide bonds. The second-order valence-electron chi connectivity index (χ2n) is 3.72. The molecular weight excluding hydrogens is 317 g/mol. The molecule has 0 atom stereocenters. The van der Waals surface area contributed by atoms with Gasteiger partial charge in [0, 0.05) is 0 Å². The lowest BCUT2D eigenvalue weighted by atomic mass is 10.3. The molecule has 0 aliphatic rings. The Hall–Kier alpha value is -2.01. The number of rotatable bonds is 7. The summed E-state index contributed by atoms with van der Waals surface area (Å²) in [5.41, 5.74) is -0.187. The van der Waals surface area contributed by atoms with Gasteiger partial charge in [0.1, 0.15) is 12.3 Å². The average molecular weight is 328 g/mol. The molecule has 0 aromatic heterocycles. The van der Waals surface area contributed by atoms with Gasteiger partial charge in [-0.25, -0.2) is 4.79 Å². The number of hydrogen-bond donors (Lipinski definition) is 3. The Balaban J connectivity index is 2.79. The Morgan fingerprint density at radius 3 is 2.48 bits per heavy atom. The number of anilines is 1. The van der Waals surface area contributed by atoms with E-state index in [1.54, 1.807) is 0 Å². The van der Waals surface area contributed by atoms with Crippen molar-refractivity contribution in [2.24, 2.45) is 0 Å². The minimum Gasteiger partial charge on any atom is -0.480 e. The first kappa shape index (κ1) is 17.0. The Labute approximate surface area is 117 Å². The molecule has 1 aromatic rings. The lowest BCUT2D eigenvalue weighted by Crippen LogP contribution is -2.37. The van der Waals surface area contributed by atoms with E-state index in [0.29, 0.717) is 0 Å². The first-order chi connectivity index (χ1) is 9.59. The van der Waals surface area contributed by atoms with Crippen molar-refractivity contribution in [3.8, 4) is 5.75 Å². The van der Waals surface area contributed by atoms with E-state index in [4.69, 9.17) is 9.84 Å². The van der Waals surface area contributed by atoms with Crippen LogP contribution in [0.1, 0.15) is 0 Å². The molecule has 0 unspecified atom stereocenters. The zero-order valence-electron chi connectivity index (χ0n) is 10.3. The highest BCUT2D eigenvalue weighted by Crippen LogP contribution is 2.24. The molecule has 11 heteroatoms. The van der Waals surface area contributed by atoms with Crippen LogP contribution in [0.2, 0.25) is 0 Å². The molecule has 0 heterocycles. The van der Waals surface area contributed by atoms with Crippen LogP contribution in [0.3, 0.4) is 0 Å². The molecule has 0 bridgehead atoms. The Bertz CT molecular complexity index is 603. The Kier molecular flexibility index (Phi) is 5.38. The zero-order valence-corrected chi connectivity index (χ0v) is 11.2. The number of para-hydroxylation sites is 2.